The fourth-order valence-corrected chi connectivity index (χ4v) is 5.69. The van der Waals surface area contributed by atoms with Crippen molar-refractivity contribution in [1.29, 1.82) is 0 Å². The minimum atomic E-state index is -0.0762. The summed E-state index contributed by atoms with van der Waals surface area (Å²) in [4.78, 5) is 0. The van der Waals surface area contributed by atoms with Crippen molar-refractivity contribution in [2.24, 2.45) is 0 Å². The van der Waals surface area contributed by atoms with E-state index in [0.717, 1.165) is 24.3 Å². The SMILES string of the molecule is COc1ccc(C2(c3ccc(OC)cc3-c3ccccc3)CCCCC2)c(-c2ccccc2)c1. The number of methoxy groups -OCH3 is 2. The van der Waals surface area contributed by atoms with Crippen LogP contribution in [0.4, 0.5) is 0 Å². The Hall–Kier alpha value is -3.52. The molecule has 1 aliphatic carbocycles. The van der Waals surface area contributed by atoms with Gasteiger partial charge in [0, 0.05) is 5.41 Å². The van der Waals surface area contributed by atoms with Gasteiger partial charge in [-0.3, -0.25) is 0 Å². The fourth-order valence-electron chi connectivity index (χ4n) is 5.69. The number of ether oxygens (including phenoxy) is 2. The van der Waals surface area contributed by atoms with E-state index in [1.54, 1.807) is 14.2 Å². The van der Waals surface area contributed by atoms with E-state index in [1.165, 1.54) is 52.6 Å². The lowest BCUT2D eigenvalue weighted by Crippen LogP contribution is -2.32. The molecule has 172 valence electrons. The third kappa shape index (κ3) is 4.09. The van der Waals surface area contributed by atoms with E-state index >= 15 is 0 Å². The van der Waals surface area contributed by atoms with Gasteiger partial charge in [0.15, 0.2) is 0 Å². The summed E-state index contributed by atoms with van der Waals surface area (Å²) in [6.07, 6.45) is 5.99. The van der Waals surface area contributed by atoms with Crippen LogP contribution in [-0.4, -0.2) is 14.2 Å². The van der Waals surface area contributed by atoms with Crippen LogP contribution in [0.3, 0.4) is 0 Å². The molecule has 1 aliphatic rings. The molecule has 0 heterocycles. The maximum Gasteiger partial charge on any atom is 0.119 e. The predicted molar refractivity (Wildman–Crippen MR) is 141 cm³/mol. The van der Waals surface area contributed by atoms with Crippen molar-refractivity contribution in [3.8, 4) is 33.8 Å². The van der Waals surface area contributed by atoms with Gasteiger partial charge in [0.1, 0.15) is 11.5 Å². The molecule has 4 aromatic carbocycles. The molecule has 0 atom stereocenters. The molecule has 2 heteroatoms. The Kier molecular flexibility index (Phi) is 6.40. The first-order valence-electron chi connectivity index (χ1n) is 12.2. The van der Waals surface area contributed by atoms with E-state index in [2.05, 4.69) is 97.1 Å². The van der Waals surface area contributed by atoms with Crippen LogP contribution in [0.15, 0.2) is 97.1 Å². The van der Waals surface area contributed by atoms with Crippen molar-refractivity contribution in [2.45, 2.75) is 37.5 Å². The molecule has 0 spiro atoms. The van der Waals surface area contributed by atoms with Crippen LogP contribution in [0.1, 0.15) is 43.2 Å². The van der Waals surface area contributed by atoms with Gasteiger partial charge in [0.05, 0.1) is 14.2 Å². The number of hydrogen-bond acceptors (Lipinski definition) is 2. The van der Waals surface area contributed by atoms with E-state index in [9.17, 15) is 0 Å². The van der Waals surface area contributed by atoms with Crippen molar-refractivity contribution in [2.75, 3.05) is 14.2 Å². The molecule has 5 rings (SSSR count). The second-order valence-electron chi connectivity index (χ2n) is 9.20. The molecule has 1 saturated carbocycles. The number of hydrogen-bond donors (Lipinski definition) is 0. The largest absolute Gasteiger partial charge is 0.497 e. The van der Waals surface area contributed by atoms with Gasteiger partial charge in [-0.1, -0.05) is 92.1 Å². The van der Waals surface area contributed by atoms with Crippen molar-refractivity contribution >= 4 is 0 Å². The number of benzene rings is 4. The lowest BCUT2D eigenvalue weighted by molar-refractivity contribution is 0.346. The normalized spacial score (nSPS) is 15.0. The summed E-state index contributed by atoms with van der Waals surface area (Å²) in [6.45, 7) is 0. The second kappa shape index (κ2) is 9.77. The monoisotopic (exact) mass is 448 g/mol. The summed E-state index contributed by atoms with van der Waals surface area (Å²) < 4.78 is 11.3. The Morgan fingerprint density at radius 1 is 0.529 bits per heavy atom. The van der Waals surface area contributed by atoms with Gasteiger partial charge in [-0.25, -0.2) is 0 Å². The smallest absolute Gasteiger partial charge is 0.119 e. The molecule has 0 N–H and O–H groups in total. The first-order valence-corrected chi connectivity index (χ1v) is 12.2. The summed E-state index contributed by atoms with van der Waals surface area (Å²) in [5.41, 5.74) is 7.69. The average molecular weight is 449 g/mol. The minimum absolute atomic E-state index is 0.0762. The molecule has 1 fully saturated rings. The second-order valence-corrected chi connectivity index (χ2v) is 9.20. The third-order valence-electron chi connectivity index (χ3n) is 7.36. The fraction of sp³-hybridized carbons (Fsp3) is 0.250. The first kappa shape index (κ1) is 22.3. The van der Waals surface area contributed by atoms with Gasteiger partial charge in [-0.15, -0.1) is 0 Å². The predicted octanol–water partition coefficient (Wildman–Crippen LogP) is 8.29. The van der Waals surface area contributed by atoms with E-state index in [0.29, 0.717) is 0 Å². The highest BCUT2D eigenvalue weighted by atomic mass is 16.5. The molecule has 0 aliphatic heterocycles. The van der Waals surface area contributed by atoms with Gasteiger partial charge < -0.3 is 9.47 Å². The lowest BCUT2D eigenvalue weighted by atomic mass is 9.62. The van der Waals surface area contributed by atoms with Crippen molar-refractivity contribution in [3.63, 3.8) is 0 Å². The van der Waals surface area contributed by atoms with Crippen LogP contribution in [-0.2, 0) is 5.41 Å². The highest BCUT2D eigenvalue weighted by Gasteiger charge is 2.39. The highest BCUT2D eigenvalue weighted by Crippen LogP contribution is 2.51. The molecular weight excluding hydrogens is 416 g/mol. The summed E-state index contributed by atoms with van der Waals surface area (Å²) in [5, 5.41) is 0. The van der Waals surface area contributed by atoms with E-state index in [1.807, 2.05) is 0 Å². The Labute approximate surface area is 203 Å². The van der Waals surface area contributed by atoms with Crippen LogP contribution >= 0.6 is 0 Å². The Morgan fingerprint density at radius 2 is 0.971 bits per heavy atom. The number of rotatable bonds is 6. The third-order valence-corrected chi connectivity index (χ3v) is 7.36. The van der Waals surface area contributed by atoms with Crippen LogP contribution < -0.4 is 9.47 Å². The molecule has 0 radical (unpaired) electrons. The zero-order chi connectivity index (χ0) is 23.4. The summed E-state index contributed by atoms with van der Waals surface area (Å²) in [6, 6.07) is 34.8. The van der Waals surface area contributed by atoms with E-state index in [-0.39, 0.29) is 5.41 Å². The Morgan fingerprint density at radius 3 is 1.38 bits per heavy atom. The van der Waals surface area contributed by atoms with Crippen LogP contribution in [0, 0.1) is 0 Å². The zero-order valence-electron chi connectivity index (χ0n) is 20.1. The standard InChI is InChI=1S/C32H32O2/c1-33-26-16-18-30(28(22-26)24-12-6-3-7-13-24)32(20-10-5-11-21-32)31-19-17-27(34-2)23-29(31)25-14-8-4-9-15-25/h3-4,6-9,12-19,22-23H,5,10-11,20-21H2,1-2H3. The first-order chi connectivity index (χ1) is 16.7. The van der Waals surface area contributed by atoms with Gasteiger partial charge in [-0.05, 0) is 70.5 Å². The summed E-state index contributed by atoms with van der Waals surface area (Å²) >= 11 is 0. The maximum atomic E-state index is 5.66. The van der Waals surface area contributed by atoms with E-state index in [4.69, 9.17) is 9.47 Å². The van der Waals surface area contributed by atoms with Gasteiger partial charge in [0.25, 0.3) is 0 Å². The Balaban J connectivity index is 1.79. The highest BCUT2D eigenvalue weighted by molar-refractivity contribution is 5.76. The zero-order valence-corrected chi connectivity index (χ0v) is 20.1. The molecule has 4 aromatic rings. The Bertz CT molecular complexity index is 1150. The van der Waals surface area contributed by atoms with Gasteiger partial charge in [-0.2, -0.15) is 0 Å². The molecule has 0 unspecified atom stereocenters. The molecule has 2 nitrogen and oxygen atoms in total. The lowest BCUT2D eigenvalue weighted by Gasteiger charge is -2.41. The van der Waals surface area contributed by atoms with E-state index < -0.39 is 0 Å². The molecule has 0 bridgehead atoms. The van der Waals surface area contributed by atoms with Crippen LogP contribution in [0.5, 0.6) is 11.5 Å². The summed E-state index contributed by atoms with van der Waals surface area (Å²) in [5.74, 6) is 1.79. The quantitative estimate of drug-likeness (QED) is 0.295. The van der Waals surface area contributed by atoms with Crippen molar-refractivity contribution < 1.29 is 9.47 Å². The molecule has 34 heavy (non-hydrogen) atoms. The van der Waals surface area contributed by atoms with Crippen LogP contribution in [0.2, 0.25) is 0 Å². The van der Waals surface area contributed by atoms with Crippen molar-refractivity contribution in [3.05, 3.63) is 108 Å². The topological polar surface area (TPSA) is 18.5 Å². The average Bonchev–Trinajstić information content (AvgIpc) is 2.93. The molecule has 0 saturated heterocycles. The minimum Gasteiger partial charge on any atom is -0.497 e. The van der Waals surface area contributed by atoms with Crippen LogP contribution in [0.25, 0.3) is 22.3 Å². The molecular formula is C32H32O2. The molecule has 0 amide bonds. The summed E-state index contributed by atoms with van der Waals surface area (Å²) in [7, 11) is 3.49. The van der Waals surface area contributed by atoms with Gasteiger partial charge in [0.2, 0.25) is 0 Å². The van der Waals surface area contributed by atoms with Crippen molar-refractivity contribution in [1.82, 2.24) is 0 Å². The maximum absolute atomic E-state index is 5.66. The molecule has 0 aromatic heterocycles. The van der Waals surface area contributed by atoms with Gasteiger partial charge >= 0.3 is 0 Å².